The molecule has 84 valence electrons. The normalized spacial score (nSPS) is 16.1. The molecule has 1 heterocycles. The zero-order chi connectivity index (χ0) is 11.5. The van der Waals surface area contributed by atoms with Gasteiger partial charge in [0.15, 0.2) is 0 Å². The molecule has 1 nitrogen and oxygen atoms in total. The summed E-state index contributed by atoms with van der Waals surface area (Å²) >= 11 is 3.81. The summed E-state index contributed by atoms with van der Waals surface area (Å²) in [7, 11) is 0. The fraction of sp³-hybridized carbons (Fsp3) is 0.583. The lowest BCUT2D eigenvalue weighted by Crippen LogP contribution is -2.22. The molecular formula is C12H19NS2. The molecule has 0 saturated carbocycles. The summed E-state index contributed by atoms with van der Waals surface area (Å²) < 4.78 is 0.286. The molecule has 0 bridgehead atoms. The second-order valence-corrected chi connectivity index (χ2v) is 8.31. The summed E-state index contributed by atoms with van der Waals surface area (Å²) in [6.45, 7) is 8.98. The van der Waals surface area contributed by atoms with Crippen molar-refractivity contribution >= 4 is 23.5 Å². The number of hydrogen-bond acceptors (Lipinski definition) is 3. The van der Waals surface area contributed by atoms with E-state index in [0.29, 0.717) is 0 Å². The monoisotopic (exact) mass is 241 g/mol. The topological polar surface area (TPSA) is 12.9 Å². The lowest BCUT2D eigenvalue weighted by atomic mass is 10.2. The molecule has 0 aliphatic carbocycles. The average molecular weight is 241 g/mol. The van der Waals surface area contributed by atoms with Gasteiger partial charge in [-0.25, -0.2) is 0 Å². The summed E-state index contributed by atoms with van der Waals surface area (Å²) in [5.41, 5.74) is 1.15. The van der Waals surface area contributed by atoms with E-state index in [1.807, 2.05) is 35.8 Å². The molecule has 1 aromatic heterocycles. The molecule has 0 aliphatic rings. The molecule has 0 aromatic carbocycles. The van der Waals surface area contributed by atoms with E-state index in [2.05, 4.69) is 51.1 Å². The van der Waals surface area contributed by atoms with Crippen molar-refractivity contribution in [3.63, 3.8) is 0 Å². The van der Waals surface area contributed by atoms with Gasteiger partial charge >= 0.3 is 0 Å². The Morgan fingerprint density at radius 3 is 2.20 bits per heavy atom. The lowest BCUT2D eigenvalue weighted by Gasteiger charge is -2.33. The zero-order valence-corrected chi connectivity index (χ0v) is 11.7. The van der Waals surface area contributed by atoms with Crippen LogP contribution in [0.3, 0.4) is 0 Å². The van der Waals surface area contributed by atoms with Crippen LogP contribution in [0, 0.1) is 0 Å². The highest BCUT2D eigenvalue weighted by molar-refractivity contribution is 8.17. The molecular weight excluding hydrogens is 222 g/mol. The van der Waals surface area contributed by atoms with E-state index < -0.39 is 0 Å². The predicted molar refractivity (Wildman–Crippen MR) is 72.4 cm³/mol. The van der Waals surface area contributed by atoms with Gasteiger partial charge in [0, 0.05) is 10.9 Å². The van der Waals surface area contributed by atoms with Crippen LogP contribution in [0.5, 0.6) is 0 Å². The number of hydrogen-bond donors (Lipinski definition) is 0. The van der Waals surface area contributed by atoms with Crippen molar-refractivity contribution in [1.29, 1.82) is 0 Å². The number of pyridine rings is 1. The van der Waals surface area contributed by atoms with Gasteiger partial charge in [0.2, 0.25) is 0 Å². The van der Waals surface area contributed by atoms with Gasteiger partial charge in [-0.1, -0.05) is 26.8 Å². The first kappa shape index (κ1) is 12.9. The minimum absolute atomic E-state index is 0.0412. The fourth-order valence-electron chi connectivity index (χ4n) is 1.41. The molecule has 0 radical (unpaired) electrons. The smallest absolute Gasteiger partial charge is 0.100 e. The van der Waals surface area contributed by atoms with Crippen molar-refractivity contribution in [2.24, 2.45) is 0 Å². The maximum absolute atomic E-state index is 4.46. The molecule has 15 heavy (non-hydrogen) atoms. The van der Waals surface area contributed by atoms with Crippen molar-refractivity contribution in [1.82, 2.24) is 4.98 Å². The number of nitrogens with zero attached hydrogens (tertiary/aromatic N) is 1. The molecule has 3 heteroatoms. The van der Waals surface area contributed by atoms with Crippen molar-refractivity contribution in [3.05, 3.63) is 30.1 Å². The van der Waals surface area contributed by atoms with E-state index in [9.17, 15) is 0 Å². The van der Waals surface area contributed by atoms with Gasteiger partial charge in [0.25, 0.3) is 0 Å². The van der Waals surface area contributed by atoms with Gasteiger partial charge in [0.1, 0.15) is 4.08 Å². The minimum atomic E-state index is 0.0412. The fourth-order valence-corrected chi connectivity index (χ4v) is 4.22. The van der Waals surface area contributed by atoms with E-state index in [-0.39, 0.29) is 8.83 Å². The molecule has 0 amide bonds. The van der Waals surface area contributed by atoms with Crippen LogP contribution < -0.4 is 0 Å². The third kappa shape index (κ3) is 3.72. The maximum Gasteiger partial charge on any atom is 0.100 e. The van der Waals surface area contributed by atoms with Crippen LogP contribution in [0.25, 0.3) is 0 Å². The van der Waals surface area contributed by atoms with E-state index in [0.717, 1.165) is 5.69 Å². The van der Waals surface area contributed by atoms with Crippen LogP contribution in [-0.2, 0) is 4.08 Å². The summed E-state index contributed by atoms with van der Waals surface area (Å²) in [5.74, 6) is 0. The largest absolute Gasteiger partial charge is 0.259 e. The van der Waals surface area contributed by atoms with Gasteiger partial charge in [-0.15, -0.1) is 23.5 Å². The Hall–Kier alpha value is -0.150. The molecule has 0 spiro atoms. The Kier molecular flexibility index (Phi) is 4.13. The summed E-state index contributed by atoms with van der Waals surface area (Å²) in [6, 6.07) is 6.13. The van der Waals surface area contributed by atoms with Gasteiger partial charge < -0.3 is 0 Å². The first-order chi connectivity index (χ1) is 6.87. The van der Waals surface area contributed by atoms with Crippen molar-refractivity contribution < 1.29 is 0 Å². The molecule has 1 atom stereocenters. The summed E-state index contributed by atoms with van der Waals surface area (Å²) in [6.07, 6.45) is 4.01. The number of thioether (sulfide) groups is 2. The second-order valence-electron chi connectivity index (χ2n) is 4.58. The maximum atomic E-state index is 4.46. The predicted octanol–water partition coefficient (Wildman–Crippen LogP) is 4.15. The highest BCUT2D eigenvalue weighted by Gasteiger charge is 2.32. The summed E-state index contributed by atoms with van der Waals surface area (Å²) in [5, 5.41) is 0. The Labute approximate surface area is 101 Å². The van der Waals surface area contributed by atoms with Crippen LogP contribution in [0.1, 0.15) is 33.4 Å². The molecule has 1 aromatic rings. The van der Waals surface area contributed by atoms with Crippen molar-refractivity contribution in [3.8, 4) is 0 Å². The Balaban J connectivity index is 2.96. The van der Waals surface area contributed by atoms with Gasteiger partial charge in [0.05, 0.1) is 5.69 Å². The Morgan fingerprint density at radius 1 is 1.13 bits per heavy atom. The standard InChI is InChI=1S/C12H19NS2/c1-11(2,3)15-12(4,14-5)10-8-6-7-9-13-10/h6-9H,1-5H3. The highest BCUT2D eigenvalue weighted by atomic mass is 32.2. The van der Waals surface area contributed by atoms with Crippen LogP contribution >= 0.6 is 23.5 Å². The second kappa shape index (κ2) is 4.79. The van der Waals surface area contributed by atoms with E-state index >= 15 is 0 Å². The van der Waals surface area contributed by atoms with Gasteiger partial charge in [-0.3, -0.25) is 4.98 Å². The molecule has 1 rings (SSSR count). The first-order valence-corrected chi connectivity index (χ1v) is 7.08. The molecule has 0 saturated heterocycles. The third-order valence-corrected chi connectivity index (χ3v) is 4.97. The van der Waals surface area contributed by atoms with Crippen molar-refractivity contribution in [2.75, 3.05) is 6.26 Å². The average Bonchev–Trinajstić information content (AvgIpc) is 2.16. The van der Waals surface area contributed by atoms with E-state index in [1.54, 1.807) is 0 Å². The third-order valence-electron chi connectivity index (χ3n) is 2.02. The molecule has 0 fully saturated rings. The molecule has 0 N–H and O–H groups in total. The van der Waals surface area contributed by atoms with Crippen LogP contribution in [-0.4, -0.2) is 16.0 Å². The van der Waals surface area contributed by atoms with Crippen molar-refractivity contribution in [2.45, 2.75) is 36.5 Å². The lowest BCUT2D eigenvalue weighted by molar-refractivity contribution is 0.783. The molecule has 0 aliphatic heterocycles. The van der Waals surface area contributed by atoms with E-state index in [1.165, 1.54) is 0 Å². The Morgan fingerprint density at radius 2 is 1.80 bits per heavy atom. The van der Waals surface area contributed by atoms with Crippen LogP contribution in [0.2, 0.25) is 0 Å². The zero-order valence-electron chi connectivity index (χ0n) is 10.1. The summed E-state index contributed by atoms with van der Waals surface area (Å²) in [4.78, 5) is 4.46. The first-order valence-electron chi connectivity index (χ1n) is 5.04. The number of aromatic nitrogens is 1. The quantitative estimate of drug-likeness (QED) is 0.738. The highest BCUT2D eigenvalue weighted by Crippen LogP contribution is 2.49. The van der Waals surface area contributed by atoms with Gasteiger partial charge in [-0.05, 0) is 25.3 Å². The minimum Gasteiger partial charge on any atom is -0.259 e. The SMILES string of the molecule is CSC(C)(SC(C)(C)C)c1ccccn1. The Bertz CT molecular complexity index is 305. The van der Waals surface area contributed by atoms with Crippen LogP contribution in [0.4, 0.5) is 0 Å². The number of rotatable bonds is 3. The van der Waals surface area contributed by atoms with Gasteiger partial charge in [-0.2, -0.15) is 0 Å². The molecule has 1 unspecified atom stereocenters. The van der Waals surface area contributed by atoms with E-state index in [4.69, 9.17) is 0 Å². The van der Waals surface area contributed by atoms with Crippen LogP contribution in [0.15, 0.2) is 24.4 Å².